The van der Waals surface area contributed by atoms with Gasteiger partial charge in [0.15, 0.2) is 0 Å². The third-order valence-electron chi connectivity index (χ3n) is 4.26. The molecule has 1 aliphatic carbocycles. The van der Waals surface area contributed by atoms with Crippen molar-refractivity contribution in [1.82, 2.24) is 0 Å². The Labute approximate surface area is 143 Å². The third-order valence-corrected chi connectivity index (χ3v) is 5.88. The highest BCUT2D eigenvalue weighted by molar-refractivity contribution is 9.10. The van der Waals surface area contributed by atoms with E-state index < -0.39 is 0 Å². The molecule has 0 fully saturated rings. The smallest absolute Gasteiger partial charge is 0.123 e. The predicted molar refractivity (Wildman–Crippen MR) is 94.5 cm³/mol. The van der Waals surface area contributed by atoms with Crippen molar-refractivity contribution in [3.8, 4) is 5.75 Å². The van der Waals surface area contributed by atoms with Crippen LogP contribution in [-0.4, -0.2) is 7.11 Å². The van der Waals surface area contributed by atoms with Crippen LogP contribution in [0, 0.1) is 0 Å². The number of methoxy groups -OCH3 is 1. The molecule has 2 aromatic carbocycles. The zero-order chi connectivity index (χ0) is 14.8. The quantitative estimate of drug-likeness (QED) is 0.563. The van der Waals surface area contributed by atoms with Crippen LogP contribution < -0.4 is 4.74 Å². The maximum atomic E-state index is 5.55. The topological polar surface area (TPSA) is 9.23 Å². The molecule has 0 saturated carbocycles. The van der Waals surface area contributed by atoms with Gasteiger partial charge in [-0.25, -0.2) is 0 Å². The molecule has 2 atom stereocenters. The van der Waals surface area contributed by atoms with Gasteiger partial charge in [0.1, 0.15) is 5.75 Å². The number of ether oxygens (including phenoxy) is 1. The first-order valence-corrected chi connectivity index (χ1v) is 8.97. The Morgan fingerprint density at radius 1 is 1.19 bits per heavy atom. The van der Waals surface area contributed by atoms with E-state index in [0.29, 0.717) is 5.92 Å². The van der Waals surface area contributed by atoms with Gasteiger partial charge in [-0.2, -0.15) is 0 Å². The van der Waals surface area contributed by atoms with Crippen LogP contribution in [0.1, 0.15) is 40.3 Å². The Kier molecular flexibility index (Phi) is 4.70. The molecule has 1 aliphatic rings. The van der Waals surface area contributed by atoms with E-state index in [1.807, 2.05) is 12.1 Å². The van der Waals surface area contributed by atoms with Crippen molar-refractivity contribution in [2.75, 3.05) is 7.11 Å². The van der Waals surface area contributed by atoms with E-state index in [-0.39, 0.29) is 4.83 Å². The summed E-state index contributed by atoms with van der Waals surface area (Å²) in [5.41, 5.74) is 4.19. The largest absolute Gasteiger partial charge is 0.496 e. The van der Waals surface area contributed by atoms with Crippen molar-refractivity contribution in [3.63, 3.8) is 0 Å². The Morgan fingerprint density at radius 3 is 2.81 bits per heavy atom. The SMILES string of the molecule is COc1ccc(Br)cc1C(Br)C1CCCc2ccccc21. The van der Waals surface area contributed by atoms with Crippen molar-refractivity contribution in [1.29, 1.82) is 0 Å². The van der Waals surface area contributed by atoms with E-state index in [4.69, 9.17) is 4.74 Å². The highest BCUT2D eigenvalue weighted by Gasteiger charge is 2.29. The van der Waals surface area contributed by atoms with E-state index in [1.165, 1.54) is 36.0 Å². The lowest BCUT2D eigenvalue weighted by Gasteiger charge is -2.30. The molecule has 0 aliphatic heterocycles. The average molecular weight is 410 g/mol. The number of aryl methyl sites for hydroxylation is 1. The fourth-order valence-electron chi connectivity index (χ4n) is 3.23. The van der Waals surface area contributed by atoms with Gasteiger partial charge < -0.3 is 4.74 Å². The standard InChI is InChI=1S/C18H18Br2O/c1-21-17-10-9-13(19)11-16(17)18(20)15-8-4-6-12-5-2-3-7-14(12)15/h2-3,5,7,9-11,15,18H,4,6,8H2,1H3. The monoisotopic (exact) mass is 408 g/mol. The second-order valence-corrected chi connectivity index (χ2v) is 7.39. The number of alkyl halides is 1. The van der Waals surface area contributed by atoms with Gasteiger partial charge in [0, 0.05) is 16.0 Å². The number of fused-ring (bicyclic) bond motifs is 1. The summed E-state index contributed by atoms with van der Waals surface area (Å²) in [6.07, 6.45) is 3.66. The lowest BCUT2D eigenvalue weighted by atomic mass is 9.79. The lowest BCUT2D eigenvalue weighted by molar-refractivity contribution is 0.406. The van der Waals surface area contributed by atoms with Gasteiger partial charge in [-0.3, -0.25) is 0 Å². The summed E-state index contributed by atoms with van der Waals surface area (Å²) in [6.45, 7) is 0. The number of rotatable bonds is 3. The normalized spacial score (nSPS) is 18.9. The van der Waals surface area contributed by atoms with Gasteiger partial charge >= 0.3 is 0 Å². The molecular weight excluding hydrogens is 392 g/mol. The fraction of sp³-hybridized carbons (Fsp3) is 0.333. The summed E-state index contributed by atoms with van der Waals surface area (Å²) in [5, 5.41) is 0. The Hall–Kier alpha value is -0.800. The van der Waals surface area contributed by atoms with E-state index >= 15 is 0 Å². The summed E-state index contributed by atoms with van der Waals surface area (Å²) < 4.78 is 6.64. The molecule has 0 N–H and O–H groups in total. The molecule has 3 rings (SSSR count). The minimum Gasteiger partial charge on any atom is -0.496 e. The van der Waals surface area contributed by atoms with Crippen LogP contribution in [0.4, 0.5) is 0 Å². The molecule has 1 nitrogen and oxygen atoms in total. The van der Waals surface area contributed by atoms with Crippen LogP contribution in [-0.2, 0) is 6.42 Å². The molecule has 0 radical (unpaired) electrons. The van der Waals surface area contributed by atoms with Crippen molar-refractivity contribution in [3.05, 3.63) is 63.6 Å². The van der Waals surface area contributed by atoms with Gasteiger partial charge in [0.05, 0.1) is 11.9 Å². The second-order valence-electron chi connectivity index (χ2n) is 5.49. The molecule has 0 amide bonds. The van der Waals surface area contributed by atoms with Crippen LogP contribution in [0.5, 0.6) is 5.75 Å². The lowest BCUT2D eigenvalue weighted by Crippen LogP contribution is -2.14. The zero-order valence-corrected chi connectivity index (χ0v) is 15.2. The molecule has 2 unspecified atom stereocenters. The van der Waals surface area contributed by atoms with Crippen molar-refractivity contribution < 1.29 is 4.74 Å². The van der Waals surface area contributed by atoms with Gasteiger partial charge in [-0.05, 0) is 48.6 Å². The summed E-state index contributed by atoms with van der Waals surface area (Å²) in [5.74, 6) is 1.45. The summed E-state index contributed by atoms with van der Waals surface area (Å²) in [4.78, 5) is 0.270. The average Bonchev–Trinajstić information content (AvgIpc) is 2.53. The van der Waals surface area contributed by atoms with Crippen LogP contribution >= 0.6 is 31.9 Å². The van der Waals surface area contributed by atoms with Gasteiger partial charge in [0.25, 0.3) is 0 Å². The number of halogens is 2. The number of hydrogen-bond donors (Lipinski definition) is 0. The van der Waals surface area contributed by atoms with E-state index in [1.54, 1.807) is 7.11 Å². The summed E-state index contributed by atoms with van der Waals surface area (Å²) in [7, 11) is 1.74. The summed E-state index contributed by atoms with van der Waals surface area (Å²) >= 11 is 7.52. The highest BCUT2D eigenvalue weighted by atomic mass is 79.9. The van der Waals surface area contributed by atoms with Crippen molar-refractivity contribution in [2.45, 2.75) is 30.0 Å². The van der Waals surface area contributed by atoms with Gasteiger partial charge in [0.2, 0.25) is 0 Å². The molecule has 3 heteroatoms. The first kappa shape index (κ1) is 15.1. The summed E-state index contributed by atoms with van der Waals surface area (Å²) in [6, 6.07) is 15.0. The molecule has 0 bridgehead atoms. The second kappa shape index (κ2) is 6.53. The molecule has 110 valence electrons. The number of benzene rings is 2. The maximum Gasteiger partial charge on any atom is 0.123 e. The first-order chi connectivity index (χ1) is 10.2. The van der Waals surface area contributed by atoms with E-state index in [0.717, 1.165) is 10.2 Å². The van der Waals surface area contributed by atoms with E-state index in [9.17, 15) is 0 Å². The van der Waals surface area contributed by atoms with Gasteiger partial charge in [-0.15, -0.1) is 0 Å². The van der Waals surface area contributed by atoms with Crippen LogP contribution in [0.25, 0.3) is 0 Å². The van der Waals surface area contributed by atoms with Gasteiger partial charge in [-0.1, -0.05) is 56.1 Å². The van der Waals surface area contributed by atoms with Crippen LogP contribution in [0.3, 0.4) is 0 Å². The Balaban J connectivity index is 2.00. The minimum absolute atomic E-state index is 0.270. The molecule has 21 heavy (non-hydrogen) atoms. The molecular formula is C18H18Br2O. The predicted octanol–water partition coefficient (Wildman–Crippen LogP) is 6.01. The molecule has 0 spiro atoms. The van der Waals surface area contributed by atoms with Crippen LogP contribution in [0.15, 0.2) is 46.9 Å². The molecule has 0 heterocycles. The highest BCUT2D eigenvalue weighted by Crippen LogP contribution is 2.47. The molecule has 0 aromatic heterocycles. The minimum atomic E-state index is 0.270. The first-order valence-electron chi connectivity index (χ1n) is 7.26. The Morgan fingerprint density at radius 2 is 2.00 bits per heavy atom. The number of hydrogen-bond acceptors (Lipinski definition) is 1. The molecule has 2 aromatic rings. The molecule has 0 saturated heterocycles. The Bertz CT molecular complexity index is 639. The van der Waals surface area contributed by atoms with E-state index in [2.05, 4.69) is 62.2 Å². The zero-order valence-electron chi connectivity index (χ0n) is 12.0. The van der Waals surface area contributed by atoms with Crippen LogP contribution in [0.2, 0.25) is 0 Å². The fourth-order valence-corrected chi connectivity index (χ4v) is 4.52. The van der Waals surface area contributed by atoms with Crippen molar-refractivity contribution >= 4 is 31.9 Å². The third kappa shape index (κ3) is 3.04. The maximum absolute atomic E-state index is 5.55. The van der Waals surface area contributed by atoms with Crippen molar-refractivity contribution in [2.24, 2.45) is 0 Å².